The third kappa shape index (κ3) is 9.29. The maximum Gasteiger partial charge on any atom is 0.277 e. The monoisotopic (exact) mass is 710 g/mol. The van der Waals surface area contributed by atoms with Crippen LogP contribution in [0, 0.1) is 0 Å². The predicted octanol–water partition coefficient (Wildman–Crippen LogP) is 4.66. The van der Waals surface area contributed by atoms with Crippen LogP contribution in [0.25, 0.3) is 22.3 Å². The van der Waals surface area contributed by atoms with Crippen molar-refractivity contribution in [2.75, 3.05) is 53.5 Å². The van der Waals surface area contributed by atoms with E-state index in [4.69, 9.17) is 33.3 Å². The summed E-state index contributed by atoms with van der Waals surface area (Å²) in [4.78, 5) is 25.0. The van der Waals surface area contributed by atoms with Crippen molar-refractivity contribution in [1.82, 2.24) is 39.0 Å². The van der Waals surface area contributed by atoms with Gasteiger partial charge in [0.2, 0.25) is 26.5 Å². The molecule has 0 amide bonds. The van der Waals surface area contributed by atoms with E-state index in [-0.39, 0.29) is 25.2 Å². The number of aromatic nitrogens is 8. The lowest BCUT2D eigenvalue weighted by atomic mass is 10.4. The smallest absolute Gasteiger partial charge is 0.277 e. The Hall–Kier alpha value is -4.08. The van der Waals surface area contributed by atoms with Gasteiger partial charge in [-0.2, -0.15) is 9.97 Å². The lowest BCUT2D eigenvalue weighted by Gasteiger charge is -2.17. The minimum absolute atomic E-state index is 0.0277. The summed E-state index contributed by atoms with van der Waals surface area (Å²) in [6, 6.07) is 0. The van der Waals surface area contributed by atoms with Gasteiger partial charge in [-0.1, -0.05) is 0 Å². The maximum absolute atomic E-state index is 12.1. The fraction of sp³-hybridized carbons (Fsp3) is 0.500. The highest BCUT2D eigenvalue weighted by atomic mass is 31.2. The zero-order chi connectivity index (χ0) is 34.7. The van der Waals surface area contributed by atoms with Gasteiger partial charge in [0, 0.05) is 32.2 Å². The average Bonchev–Trinajstić information content (AvgIpc) is 3.90. The van der Waals surface area contributed by atoms with Crippen molar-refractivity contribution in [3.63, 3.8) is 0 Å². The van der Waals surface area contributed by atoms with E-state index >= 15 is 0 Å². The zero-order valence-corrected chi connectivity index (χ0v) is 29.3. The summed E-state index contributed by atoms with van der Waals surface area (Å²) in [5.41, 5.74) is 2.55. The van der Waals surface area contributed by atoms with Crippen molar-refractivity contribution in [3.8, 4) is 11.8 Å². The molecule has 4 unspecified atom stereocenters. The van der Waals surface area contributed by atoms with Crippen LogP contribution in [0.2, 0.25) is 0 Å². The Labute approximate surface area is 277 Å². The SMILES string of the molecule is CCOP(C)(=O)CO.CCOP(C)(=O)COC1=CCC(n2cnc3c(OC)ncnc32)O1.COc1ncnc2c1ncn2C1CC=CO1. The normalized spacial score (nSPS) is 19.1. The second-order valence-electron chi connectivity index (χ2n) is 10.2. The number of aliphatic hydroxyl groups excluding tert-OH is 1. The minimum Gasteiger partial charge on any atom is -0.479 e. The summed E-state index contributed by atoms with van der Waals surface area (Å²) < 4.78 is 63.2. The quantitative estimate of drug-likeness (QED) is 0.198. The molecule has 20 heteroatoms. The first-order valence-electron chi connectivity index (χ1n) is 14.8. The molecule has 0 aliphatic carbocycles. The van der Waals surface area contributed by atoms with Crippen LogP contribution in [0.1, 0.15) is 39.1 Å². The van der Waals surface area contributed by atoms with Crippen molar-refractivity contribution in [3.05, 3.63) is 49.7 Å². The number of rotatable bonds is 12. The van der Waals surface area contributed by atoms with E-state index in [2.05, 4.69) is 34.4 Å². The highest BCUT2D eigenvalue weighted by molar-refractivity contribution is 7.58. The van der Waals surface area contributed by atoms with E-state index in [1.807, 2.05) is 10.6 Å². The number of hydrogen-bond donors (Lipinski definition) is 1. The van der Waals surface area contributed by atoms with Gasteiger partial charge in [0.05, 0.1) is 33.7 Å². The molecule has 0 spiro atoms. The third-order valence-electron chi connectivity index (χ3n) is 6.57. The maximum atomic E-state index is 12.1. The molecule has 48 heavy (non-hydrogen) atoms. The minimum atomic E-state index is -2.77. The molecule has 4 aromatic rings. The predicted molar refractivity (Wildman–Crippen MR) is 174 cm³/mol. The molecule has 4 atom stereocenters. The van der Waals surface area contributed by atoms with Crippen LogP contribution in [0.3, 0.4) is 0 Å². The molecule has 0 saturated carbocycles. The van der Waals surface area contributed by atoms with Crippen molar-refractivity contribution < 1.29 is 47.0 Å². The zero-order valence-electron chi connectivity index (χ0n) is 27.5. The van der Waals surface area contributed by atoms with E-state index in [0.29, 0.717) is 54.0 Å². The lowest BCUT2D eigenvalue weighted by molar-refractivity contribution is -0.00605. The second kappa shape index (κ2) is 16.8. The van der Waals surface area contributed by atoms with Gasteiger partial charge < -0.3 is 37.8 Å². The van der Waals surface area contributed by atoms with E-state index in [9.17, 15) is 9.13 Å². The van der Waals surface area contributed by atoms with Gasteiger partial charge in [-0.25, -0.2) is 19.9 Å². The summed E-state index contributed by atoms with van der Waals surface area (Å²) in [7, 11) is -2.30. The molecule has 0 aromatic carbocycles. The van der Waals surface area contributed by atoms with Gasteiger partial charge in [0.1, 0.15) is 31.7 Å². The standard InChI is InChI=1S/C14H19N4O5P.C10H10N4O2.C4H11O3P/c1-4-22-24(3,19)9-21-11-6-5-10(23-11)18-8-17-12-13(18)15-7-16-14(12)20-2;1-15-10-8-9(11-5-12-10)14(6-13-8)7-3-2-4-16-7;1-3-7-8(2,6)4-5/h6-8,10H,4-5,9H2,1-3H3;2,4-7H,3H2,1H3;5H,3-4H2,1-2H3. The Morgan fingerprint density at radius 3 is 1.88 bits per heavy atom. The second-order valence-corrected chi connectivity index (χ2v) is 15.3. The fourth-order valence-electron chi connectivity index (χ4n) is 4.43. The number of ether oxygens (including phenoxy) is 5. The molecular formula is C28H40N8O10P2. The first-order chi connectivity index (χ1) is 23.1. The number of imidazole rings is 2. The molecule has 6 rings (SSSR count). The number of hydrogen-bond acceptors (Lipinski definition) is 16. The van der Waals surface area contributed by atoms with E-state index in [0.717, 1.165) is 12.1 Å². The van der Waals surface area contributed by atoms with Gasteiger partial charge in [0.15, 0.2) is 41.1 Å². The van der Waals surface area contributed by atoms with Gasteiger partial charge in [-0.3, -0.25) is 18.3 Å². The van der Waals surface area contributed by atoms with Gasteiger partial charge >= 0.3 is 0 Å². The summed E-state index contributed by atoms with van der Waals surface area (Å²) in [5.74, 6) is 1.21. The fourth-order valence-corrected chi connectivity index (χ4v) is 6.04. The Bertz CT molecular complexity index is 1810. The molecule has 2 aliphatic rings. The number of nitrogens with zero attached hydrogens (tertiary/aromatic N) is 8. The lowest BCUT2D eigenvalue weighted by Crippen LogP contribution is -2.09. The van der Waals surface area contributed by atoms with Crippen LogP contribution in [0.4, 0.5) is 0 Å². The first-order valence-corrected chi connectivity index (χ1v) is 19.3. The molecule has 0 saturated heterocycles. The summed E-state index contributed by atoms with van der Waals surface area (Å²) in [6.45, 7) is 7.26. The van der Waals surface area contributed by atoms with E-state index in [1.54, 1.807) is 50.5 Å². The van der Waals surface area contributed by atoms with Crippen LogP contribution in [-0.4, -0.2) is 97.6 Å². The first kappa shape index (κ1) is 36.8. The van der Waals surface area contributed by atoms with Crippen molar-refractivity contribution in [1.29, 1.82) is 0 Å². The summed E-state index contributed by atoms with van der Waals surface area (Å²) in [6.07, 6.45) is 12.2. The van der Waals surface area contributed by atoms with Crippen LogP contribution >= 0.6 is 14.7 Å². The summed E-state index contributed by atoms with van der Waals surface area (Å²) >= 11 is 0. The van der Waals surface area contributed by atoms with Crippen molar-refractivity contribution in [2.24, 2.45) is 0 Å². The largest absolute Gasteiger partial charge is 0.479 e. The number of fused-ring (bicyclic) bond motifs is 2. The Morgan fingerprint density at radius 1 is 0.833 bits per heavy atom. The Morgan fingerprint density at radius 2 is 1.40 bits per heavy atom. The highest BCUT2D eigenvalue weighted by Crippen LogP contribution is 2.43. The summed E-state index contributed by atoms with van der Waals surface area (Å²) in [5, 5.41) is 8.34. The van der Waals surface area contributed by atoms with Crippen molar-refractivity contribution >= 4 is 37.1 Å². The molecule has 0 radical (unpaired) electrons. The van der Waals surface area contributed by atoms with E-state index < -0.39 is 14.7 Å². The number of aliphatic hydroxyl groups is 1. The number of methoxy groups -OCH3 is 2. The molecule has 0 bridgehead atoms. The van der Waals surface area contributed by atoms with Crippen LogP contribution < -0.4 is 9.47 Å². The molecule has 1 N–H and O–H groups in total. The molecule has 6 heterocycles. The highest BCUT2D eigenvalue weighted by Gasteiger charge is 2.26. The van der Waals surface area contributed by atoms with Gasteiger partial charge in [-0.15, -0.1) is 0 Å². The molecular weight excluding hydrogens is 670 g/mol. The van der Waals surface area contributed by atoms with Crippen LogP contribution in [-0.2, 0) is 32.4 Å². The van der Waals surface area contributed by atoms with Gasteiger partial charge in [0.25, 0.3) is 5.95 Å². The topological polar surface area (TPSA) is 206 Å². The van der Waals surface area contributed by atoms with Gasteiger partial charge in [-0.05, 0) is 19.9 Å². The van der Waals surface area contributed by atoms with Crippen LogP contribution in [0.5, 0.6) is 11.8 Å². The molecule has 18 nitrogen and oxygen atoms in total. The molecule has 262 valence electrons. The van der Waals surface area contributed by atoms with E-state index in [1.165, 1.54) is 33.1 Å². The molecule has 4 aromatic heterocycles. The average molecular weight is 711 g/mol. The Balaban J connectivity index is 0.000000186. The van der Waals surface area contributed by atoms with Crippen LogP contribution in [0.15, 0.2) is 49.7 Å². The third-order valence-corrected chi connectivity index (χ3v) is 9.29. The Kier molecular flexibility index (Phi) is 12.9. The van der Waals surface area contributed by atoms with Crippen molar-refractivity contribution in [2.45, 2.75) is 39.1 Å². The molecule has 2 aliphatic heterocycles. The molecule has 0 fully saturated rings.